The van der Waals surface area contributed by atoms with Crippen molar-refractivity contribution in [1.82, 2.24) is 4.90 Å². The van der Waals surface area contributed by atoms with Gasteiger partial charge in [0, 0.05) is 11.2 Å². The topological polar surface area (TPSA) is 78.3 Å². The van der Waals surface area contributed by atoms with E-state index in [-0.39, 0.29) is 18.4 Å². The lowest BCUT2D eigenvalue weighted by Gasteiger charge is -2.14. The Morgan fingerprint density at radius 3 is 2.14 bits per heavy atom. The molecule has 0 radical (unpaired) electrons. The average Bonchev–Trinajstić information content (AvgIpc) is 2.72. The number of benzene rings is 2. The smallest absolute Gasteiger partial charge is 0.261 e. The first-order valence-corrected chi connectivity index (χ1v) is 8.62. The molecule has 1 unspecified atom stereocenters. The molecule has 1 heterocycles. The highest BCUT2D eigenvalue weighted by molar-refractivity contribution is 7.91. The molecule has 1 atom stereocenters. The normalized spacial score (nSPS) is 16.5. The van der Waals surface area contributed by atoms with Gasteiger partial charge in [-0.1, -0.05) is 24.3 Å². The van der Waals surface area contributed by atoms with Crippen LogP contribution in [0, 0.1) is 4.78 Å². The summed E-state index contributed by atoms with van der Waals surface area (Å²) in [6, 6.07) is 13.4. The van der Waals surface area contributed by atoms with Crippen LogP contribution in [-0.2, 0) is 16.3 Å². The van der Waals surface area contributed by atoms with E-state index in [2.05, 4.69) is 0 Å². The van der Waals surface area contributed by atoms with Crippen molar-refractivity contribution in [2.45, 2.75) is 11.4 Å². The minimum Gasteiger partial charge on any atom is -0.270 e. The first-order chi connectivity index (χ1) is 10.4. The molecule has 1 aliphatic heterocycles. The molecule has 0 spiro atoms. The molecular weight excluding hydrogens is 300 g/mol. The quantitative estimate of drug-likeness (QED) is 0.884. The SMILES string of the molecule is CS(=N)(=O)c1cccc(CN2C(=O)c3ccccc3C2=O)c1. The van der Waals surface area contributed by atoms with Crippen molar-refractivity contribution >= 4 is 21.5 Å². The van der Waals surface area contributed by atoms with Crippen LogP contribution in [0.5, 0.6) is 0 Å². The van der Waals surface area contributed by atoms with Gasteiger partial charge in [0.15, 0.2) is 0 Å². The van der Waals surface area contributed by atoms with E-state index in [9.17, 15) is 13.8 Å². The molecule has 2 amide bonds. The van der Waals surface area contributed by atoms with Crippen molar-refractivity contribution < 1.29 is 13.8 Å². The lowest BCUT2D eigenvalue weighted by Crippen LogP contribution is -2.29. The molecule has 0 saturated carbocycles. The summed E-state index contributed by atoms with van der Waals surface area (Å²) < 4.78 is 19.4. The summed E-state index contributed by atoms with van der Waals surface area (Å²) in [5.74, 6) is -0.650. The Balaban J connectivity index is 1.93. The number of nitrogens with zero attached hydrogens (tertiary/aromatic N) is 1. The standard InChI is InChI=1S/C16H14N2O3S/c1-22(17,21)12-6-4-5-11(9-12)10-18-15(19)13-7-2-3-8-14(13)16(18)20/h2-9,17H,10H2,1H3. The van der Waals surface area contributed by atoms with E-state index in [4.69, 9.17) is 4.78 Å². The molecule has 2 aromatic carbocycles. The Morgan fingerprint density at radius 2 is 1.59 bits per heavy atom. The molecule has 1 N–H and O–H groups in total. The maximum Gasteiger partial charge on any atom is 0.261 e. The molecule has 3 rings (SSSR count). The molecule has 112 valence electrons. The number of imide groups is 1. The van der Waals surface area contributed by atoms with Crippen molar-refractivity contribution in [2.24, 2.45) is 0 Å². The van der Waals surface area contributed by atoms with Crippen LogP contribution in [0.4, 0.5) is 0 Å². The molecule has 0 aliphatic carbocycles. The van der Waals surface area contributed by atoms with E-state index < -0.39 is 9.73 Å². The highest BCUT2D eigenvalue weighted by Crippen LogP contribution is 2.24. The van der Waals surface area contributed by atoms with Gasteiger partial charge in [-0.3, -0.25) is 14.5 Å². The zero-order chi connectivity index (χ0) is 15.9. The molecule has 0 saturated heterocycles. The van der Waals surface area contributed by atoms with Gasteiger partial charge < -0.3 is 0 Å². The third-order valence-electron chi connectivity index (χ3n) is 3.57. The summed E-state index contributed by atoms with van der Waals surface area (Å²) in [7, 11) is -2.83. The fourth-order valence-corrected chi connectivity index (χ4v) is 3.17. The van der Waals surface area contributed by atoms with Gasteiger partial charge in [-0.2, -0.15) is 0 Å². The molecule has 2 aromatic rings. The molecule has 6 heteroatoms. The Morgan fingerprint density at radius 1 is 1.00 bits per heavy atom. The van der Waals surface area contributed by atoms with Crippen LogP contribution >= 0.6 is 0 Å². The van der Waals surface area contributed by atoms with Gasteiger partial charge in [-0.15, -0.1) is 0 Å². The summed E-state index contributed by atoms with van der Waals surface area (Å²) in [4.78, 5) is 26.2. The van der Waals surface area contributed by atoms with Gasteiger partial charge >= 0.3 is 0 Å². The second kappa shape index (κ2) is 5.06. The zero-order valence-electron chi connectivity index (χ0n) is 11.9. The Bertz CT molecular complexity index is 853. The largest absolute Gasteiger partial charge is 0.270 e. The predicted molar refractivity (Wildman–Crippen MR) is 82.1 cm³/mol. The van der Waals surface area contributed by atoms with Crippen molar-refractivity contribution in [2.75, 3.05) is 6.26 Å². The van der Waals surface area contributed by atoms with E-state index in [0.717, 1.165) is 0 Å². The number of hydrogen-bond acceptors (Lipinski definition) is 4. The molecular formula is C16H14N2O3S. The Kier molecular flexibility index (Phi) is 3.33. The molecule has 0 bridgehead atoms. The minimum absolute atomic E-state index is 0.107. The van der Waals surface area contributed by atoms with Crippen molar-refractivity contribution in [3.63, 3.8) is 0 Å². The van der Waals surface area contributed by atoms with Crippen LogP contribution in [0.1, 0.15) is 26.3 Å². The van der Waals surface area contributed by atoms with Crippen LogP contribution < -0.4 is 0 Å². The lowest BCUT2D eigenvalue weighted by molar-refractivity contribution is 0.0642. The molecule has 0 fully saturated rings. The second-order valence-corrected chi connectivity index (χ2v) is 7.39. The van der Waals surface area contributed by atoms with E-state index in [1.54, 1.807) is 48.5 Å². The summed E-state index contributed by atoms with van der Waals surface area (Å²) in [6.45, 7) is 0.107. The van der Waals surface area contributed by atoms with E-state index >= 15 is 0 Å². The van der Waals surface area contributed by atoms with Crippen LogP contribution in [0.25, 0.3) is 0 Å². The van der Waals surface area contributed by atoms with Crippen LogP contribution in [0.15, 0.2) is 53.4 Å². The van der Waals surface area contributed by atoms with E-state index in [1.807, 2.05) is 0 Å². The maximum atomic E-state index is 12.3. The fourth-order valence-electron chi connectivity index (χ4n) is 2.45. The number of amides is 2. The zero-order valence-corrected chi connectivity index (χ0v) is 12.7. The van der Waals surface area contributed by atoms with Gasteiger partial charge in [0.2, 0.25) is 0 Å². The number of rotatable bonds is 3. The Hall–Kier alpha value is -2.47. The first kappa shape index (κ1) is 14.5. The van der Waals surface area contributed by atoms with Crippen molar-refractivity contribution in [3.05, 3.63) is 65.2 Å². The van der Waals surface area contributed by atoms with Crippen molar-refractivity contribution in [1.29, 1.82) is 4.78 Å². The lowest BCUT2D eigenvalue weighted by atomic mass is 10.1. The monoisotopic (exact) mass is 314 g/mol. The number of nitrogens with one attached hydrogen (secondary N) is 1. The van der Waals surface area contributed by atoms with Gasteiger partial charge in [-0.25, -0.2) is 8.99 Å². The summed E-state index contributed by atoms with van der Waals surface area (Å²) in [5, 5.41) is 0. The summed E-state index contributed by atoms with van der Waals surface area (Å²) >= 11 is 0. The minimum atomic E-state index is -2.83. The summed E-state index contributed by atoms with van der Waals surface area (Å²) in [6.07, 6.45) is 1.34. The van der Waals surface area contributed by atoms with Gasteiger partial charge in [-0.05, 0) is 29.8 Å². The van der Waals surface area contributed by atoms with Crippen LogP contribution in [0.2, 0.25) is 0 Å². The number of carbonyl (C=O) groups excluding carboxylic acids is 2. The number of carbonyl (C=O) groups is 2. The number of hydrogen-bond donors (Lipinski definition) is 1. The average molecular weight is 314 g/mol. The van der Waals surface area contributed by atoms with Crippen LogP contribution in [0.3, 0.4) is 0 Å². The van der Waals surface area contributed by atoms with Gasteiger partial charge in [0.1, 0.15) is 0 Å². The third-order valence-corrected chi connectivity index (χ3v) is 4.72. The van der Waals surface area contributed by atoms with E-state index in [0.29, 0.717) is 21.6 Å². The van der Waals surface area contributed by atoms with Crippen molar-refractivity contribution in [3.8, 4) is 0 Å². The number of fused-ring (bicyclic) bond motifs is 1. The second-order valence-electron chi connectivity index (χ2n) is 5.23. The first-order valence-electron chi connectivity index (χ1n) is 6.66. The Labute approximate surface area is 128 Å². The highest BCUT2D eigenvalue weighted by Gasteiger charge is 2.34. The maximum absolute atomic E-state index is 12.3. The molecule has 1 aliphatic rings. The van der Waals surface area contributed by atoms with E-state index in [1.165, 1.54) is 11.2 Å². The highest BCUT2D eigenvalue weighted by atomic mass is 32.2. The molecule has 22 heavy (non-hydrogen) atoms. The third kappa shape index (κ3) is 2.42. The molecule has 0 aromatic heterocycles. The fraction of sp³-hybridized carbons (Fsp3) is 0.125. The summed E-state index contributed by atoms with van der Waals surface area (Å²) in [5.41, 5.74) is 1.49. The van der Waals surface area contributed by atoms with Gasteiger partial charge in [0.25, 0.3) is 11.8 Å². The molecule has 5 nitrogen and oxygen atoms in total. The van der Waals surface area contributed by atoms with Gasteiger partial charge in [0.05, 0.1) is 27.4 Å². The predicted octanol–water partition coefficient (Wildman–Crippen LogP) is 2.52. The van der Waals surface area contributed by atoms with Crippen LogP contribution in [-0.4, -0.2) is 27.2 Å².